The Labute approximate surface area is 145 Å². The van der Waals surface area contributed by atoms with E-state index in [1.54, 1.807) is 12.1 Å². The van der Waals surface area contributed by atoms with Crippen molar-refractivity contribution < 1.29 is 19.5 Å². The van der Waals surface area contributed by atoms with Crippen LogP contribution in [0.4, 0.5) is 0 Å². The summed E-state index contributed by atoms with van der Waals surface area (Å²) in [5, 5.41) is 9.68. The number of amides is 1. The summed E-state index contributed by atoms with van der Waals surface area (Å²) in [5.41, 5.74) is 3.48. The molecule has 0 aliphatic rings. The Bertz CT molecular complexity index is 835. The van der Waals surface area contributed by atoms with E-state index in [1.165, 1.54) is 18.2 Å². The molecule has 2 N–H and O–H groups in total. The van der Waals surface area contributed by atoms with Crippen LogP contribution in [0.5, 0.6) is 17.2 Å². The molecule has 5 heteroatoms. The first-order valence-electron chi connectivity index (χ1n) is 7.74. The number of carbonyl (C=O) groups is 1. The van der Waals surface area contributed by atoms with Gasteiger partial charge in [0.15, 0.2) is 0 Å². The molecular weight excluding hydrogens is 318 g/mol. The van der Waals surface area contributed by atoms with Crippen LogP contribution in [0.1, 0.15) is 15.9 Å². The van der Waals surface area contributed by atoms with Gasteiger partial charge in [0.25, 0.3) is 5.91 Å². The molecule has 0 radical (unpaired) electrons. The van der Waals surface area contributed by atoms with Gasteiger partial charge in [-0.3, -0.25) is 9.63 Å². The second-order valence-corrected chi connectivity index (χ2v) is 5.30. The summed E-state index contributed by atoms with van der Waals surface area (Å²) in [4.78, 5) is 17.6. The minimum Gasteiger partial charge on any atom is -0.508 e. The summed E-state index contributed by atoms with van der Waals surface area (Å²) in [6.07, 6.45) is 0. The Balaban J connectivity index is 1.69. The van der Waals surface area contributed by atoms with Gasteiger partial charge in [-0.2, -0.15) is 0 Å². The Morgan fingerprint density at radius 1 is 0.920 bits per heavy atom. The summed E-state index contributed by atoms with van der Waals surface area (Å²) in [5.74, 6) is 0.378. The van der Waals surface area contributed by atoms with Crippen molar-refractivity contribution in [1.29, 1.82) is 0 Å². The van der Waals surface area contributed by atoms with Gasteiger partial charge >= 0.3 is 0 Å². The third-order valence-electron chi connectivity index (χ3n) is 3.43. The fourth-order valence-electron chi connectivity index (χ4n) is 2.21. The number of phenols is 1. The van der Waals surface area contributed by atoms with Gasteiger partial charge in [-0.1, -0.05) is 48.5 Å². The van der Waals surface area contributed by atoms with Crippen molar-refractivity contribution in [2.24, 2.45) is 0 Å². The monoisotopic (exact) mass is 335 g/mol. The van der Waals surface area contributed by atoms with Crippen molar-refractivity contribution in [2.75, 3.05) is 0 Å². The summed E-state index contributed by atoms with van der Waals surface area (Å²) in [6, 6.07) is 22.9. The first-order valence-corrected chi connectivity index (χ1v) is 7.74. The lowest BCUT2D eigenvalue weighted by Gasteiger charge is -2.12. The molecule has 0 aromatic heterocycles. The van der Waals surface area contributed by atoms with Crippen molar-refractivity contribution in [2.45, 2.75) is 6.61 Å². The van der Waals surface area contributed by atoms with Gasteiger partial charge in [0.2, 0.25) is 0 Å². The van der Waals surface area contributed by atoms with Crippen LogP contribution >= 0.6 is 0 Å². The highest BCUT2D eigenvalue weighted by Crippen LogP contribution is 2.28. The number of benzene rings is 3. The highest BCUT2D eigenvalue weighted by atomic mass is 16.6. The fourth-order valence-corrected chi connectivity index (χ4v) is 2.21. The van der Waals surface area contributed by atoms with Gasteiger partial charge in [0.1, 0.15) is 17.2 Å². The molecule has 5 nitrogen and oxygen atoms in total. The van der Waals surface area contributed by atoms with E-state index in [9.17, 15) is 9.90 Å². The molecule has 0 unspecified atom stereocenters. The van der Waals surface area contributed by atoms with Crippen LogP contribution < -0.4 is 10.2 Å². The van der Waals surface area contributed by atoms with Crippen LogP contribution in [0.25, 0.3) is 0 Å². The highest BCUT2D eigenvalue weighted by Gasteiger charge is 2.15. The number of carbonyl (C=O) groups excluding carboxylic acids is 1. The lowest BCUT2D eigenvalue weighted by molar-refractivity contribution is 0.0231. The van der Waals surface area contributed by atoms with E-state index in [1.807, 2.05) is 48.5 Å². The Morgan fingerprint density at radius 2 is 1.60 bits per heavy atom. The molecule has 126 valence electrons. The van der Waals surface area contributed by atoms with Crippen molar-refractivity contribution in [3.8, 4) is 17.2 Å². The third-order valence-corrected chi connectivity index (χ3v) is 3.43. The molecule has 3 rings (SSSR count). The lowest BCUT2D eigenvalue weighted by atomic mass is 10.2. The lowest BCUT2D eigenvalue weighted by Crippen LogP contribution is -2.24. The second kappa shape index (κ2) is 7.99. The van der Waals surface area contributed by atoms with Crippen LogP contribution in [0.2, 0.25) is 0 Å². The summed E-state index contributed by atoms with van der Waals surface area (Å²) in [6.45, 7) is 0.236. The number of hydrogen-bond acceptors (Lipinski definition) is 4. The van der Waals surface area contributed by atoms with E-state index in [-0.39, 0.29) is 17.9 Å². The minimum absolute atomic E-state index is 0.0337. The average molecular weight is 335 g/mol. The number of aromatic hydroxyl groups is 1. The van der Waals surface area contributed by atoms with Crippen molar-refractivity contribution >= 4 is 5.91 Å². The number of ether oxygens (including phenoxy) is 1. The van der Waals surface area contributed by atoms with Crippen LogP contribution in [0.15, 0.2) is 78.9 Å². The summed E-state index contributed by atoms with van der Waals surface area (Å²) >= 11 is 0. The zero-order chi connectivity index (χ0) is 17.5. The number of rotatable bonds is 6. The highest BCUT2D eigenvalue weighted by molar-refractivity contribution is 5.96. The molecule has 0 spiro atoms. The maximum Gasteiger partial charge on any atom is 0.278 e. The molecule has 0 bridgehead atoms. The van der Waals surface area contributed by atoms with Crippen LogP contribution in [0.3, 0.4) is 0 Å². The van der Waals surface area contributed by atoms with Gasteiger partial charge < -0.3 is 9.84 Å². The first-order chi connectivity index (χ1) is 12.2. The molecule has 3 aromatic carbocycles. The van der Waals surface area contributed by atoms with Gasteiger partial charge in [0.05, 0.1) is 12.2 Å². The van der Waals surface area contributed by atoms with Gasteiger partial charge in [-0.05, 0) is 35.9 Å². The summed E-state index contributed by atoms with van der Waals surface area (Å²) in [7, 11) is 0. The molecule has 0 saturated heterocycles. The van der Waals surface area contributed by atoms with Crippen molar-refractivity contribution in [1.82, 2.24) is 5.48 Å². The average Bonchev–Trinajstić information content (AvgIpc) is 2.65. The molecule has 25 heavy (non-hydrogen) atoms. The molecule has 0 saturated carbocycles. The van der Waals surface area contributed by atoms with E-state index < -0.39 is 5.91 Å². The van der Waals surface area contributed by atoms with Gasteiger partial charge in [0, 0.05) is 0 Å². The molecule has 0 aliphatic carbocycles. The molecule has 0 atom stereocenters. The van der Waals surface area contributed by atoms with E-state index in [4.69, 9.17) is 9.57 Å². The predicted octanol–water partition coefficient (Wildman–Crippen LogP) is 4.05. The van der Waals surface area contributed by atoms with E-state index in [0.29, 0.717) is 11.5 Å². The Hall–Kier alpha value is -3.31. The first kappa shape index (κ1) is 16.5. The number of hydroxylamine groups is 1. The standard InChI is InChI=1S/C20H17NO4/c22-16-11-12-19(25-17-9-5-2-6-10-17)18(13-16)20(23)21-24-14-15-7-3-1-4-8-15/h1-13,22H,14H2,(H,21,23). The molecular formula is C20H17NO4. The third kappa shape index (κ3) is 4.59. The molecule has 3 aromatic rings. The fraction of sp³-hybridized carbons (Fsp3) is 0.0500. The maximum absolute atomic E-state index is 12.4. The van der Waals surface area contributed by atoms with Crippen LogP contribution in [-0.4, -0.2) is 11.0 Å². The quantitative estimate of drug-likeness (QED) is 0.667. The molecule has 0 aliphatic heterocycles. The number of hydrogen-bond donors (Lipinski definition) is 2. The number of para-hydroxylation sites is 1. The van der Waals surface area contributed by atoms with Crippen LogP contribution in [-0.2, 0) is 11.4 Å². The second-order valence-electron chi connectivity index (χ2n) is 5.30. The van der Waals surface area contributed by atoms with E-state index in [2.05, 4.69) is 5.48 Å². The largest absolute Gasteiger partial charge is 0.508 e. The zero-order valence-electron chi connectivity index (χ0n) is 13.4. The van der Waals surface area contributed by atoms with Crippen LogP contribution in [0, 0.1) is 0 Å². The minimum atomic E-state index is -0.502. The number of nitrogens with one attached hydrogen (secondary N) is 1. The number of phenolic OH excluding ortho intramolecular Hbond substituents is 1. The van der Waals surface area contributed by atoms with E-state index in [0.717, 1.165) is 5.56 Å². The predicted molar refractivity (Wildman–Crippen MR) is 93.3 cm³/mol. The van der Waals surface area contributed by atoms with Crippen molar-refractivity contribution in [3.05, 3.63) is 90.0 Å². The molecule has 0 heterocycles. The smallest absolute Gasteiger partial charge is 0.278 e. The summed E-state index contributed by atoms with van der Waals surface area (Å²) < 4.78 is 5.72. The van der Waals surface area contributed by atoms with Gasteiger partial charge in [-0.25, -0.2) is 5.48 Å². The topological polar surface area (TPSA) is 67.8 Å². The molecule has 0 fully saturated rings. The Kier molecular flexibility index (Phi) is 5.29. The normalized spacial score (nSPS) is 10.2. The van der Waals surface area contributed by atoms with Gasteiger partial charge in [-0.15, -0.1) is 0 Å². The Morgan fingerprint density at radius 3 is 2.32 bits per heavy atom. The zero-order valence-corrected chi connectivity index (χ0v) is 13.4. The SMILES string of the molecule is O=C(NOCc1ccccc1)c1cc(O)ccc1Oc1ccccc1. The maximum atomic E-state index is 12.4. The molecule has 1 amide bonds. The van der Waals surface area contributed by atoms with E-state index >= 15 is 0 Å². The van der Waals surface area contributed by atoms with Crippen molar-refractivity contribution in [3.63, 3.8) is 0 Å².